The third-order valence-corrected chi connectivity index (χ3v) is 7.83. The lowest BCUT2D eigenvalue weighted by molar-refractivity contribution is -0.126. The maximum atomic E-state index is 13.2. The summed E-state index contributed by atoms with van der Waals surface area (Å²) in [6, 6.07) is -0.185. The average Bonchev–Trinajstić information content (AvgIpc) is 3.30. The monoisotopic (exact) mass is 436 g/mol. The van der Waals surface area contributed by atoms with Gasteiger partial charge in [-0.05, 0) is 47.5 Å². The average molecular weight is 437 g/mol. The fraction of sp³-hybridized carbons (Fsp3) is 0.650. The molecule has 0 aromatic carbocycles. The van der Waals surface area contributed by atoms with Gasteiger partial charge in [-0.15, -0.1) is 0 Å². The Morgan fingerprint density at radius 2 is 2.03 bits per heavy atom. The highest BCUT2D eigenvalue weighted by atomic mass is 32.2. The van der Waals surface area contributed by atoms with Gasteiger partial charge in [-0.3, -0.25) is 14.2 Å². The lowest BCUT2D eigenvalue weighted by Crippen LogP contribution is -2.45. The molecule has 1 saturated heterocycles. The first-order valence-corrected chi connectivity index (χ1v) is 12.0. The van der Waals surface area contributed by atoms with Crippen molar-refractivity contribution >= 4 is 15.9 Å². The minimum Gasteiger partial charge on any atom is -0.349 e. The van der Waals surface area contributed by atoms with Gasteiger partial charge in [-0.1, -0.05) is 0 Å². The summed E-state index contributed by atoms with van der Waals surface area (Å²) in [5.41, 5.74) is 2.50. The van der Waals surface area contributed by atoms with Crippen molar-refractivity contribution < 1.29 is 13.2 Å². The van der Waals surface area contributed by atoms with E-state index in [4.69, 9.17) is 0 Å². The lowest BCUT2D eigenvalue weighted by atomic mass is 9.98. The van der Waals surface area contributed by atoms with Crippen molar-refractivity contribution in [1.29, 1.82) is 0 Å². The number of nitrogens with zero attached hydrogens (tertiary/aromatic N) is 5. The van der Waals surface area contributed by atoms with Crippen LogP contribution in [-0.4, -0.2) is 51.3 Å². The second kappa shape index (κ2) is 8.89. The second-order valence-corrected chi connectivity index (χ2v) is 9.77. The Bertz CT molecular complexity index is 1010. The molecule has 1 N–H and O–H groups in total. The highest BCUT2D eigenvalue weighted by molar-refractivity contribution is 7.89. The SMILES string of the molecule is CCn1cc(S(=O)(=O)N2CCC[C@H](C(=O)N[C@H](C)c3cnn(CC)c3C)C2)c(C)n1. The molecule has 0 aliphatic carbocycles. The molecule has 2 atom stereocenters. The Morgan fingerprint density at radius 3 is 2.63 bits per heavy atom. The van der Waals surface area contributed by atoms with Crippen LogP contribution in [0.2, 0.25) is 0 Å². The Hall–Kier alpha value is -2.20. The molecule has 10 heteroatoms. The molecule has 166 valence electrons. The molecule has 2 aromatic rings. The van der Waals surface area contributed by atoms with Crippen LogP contribution in [0.1, 0.15) is 56.6 Å². The van der Waals surface area contributed by atoms with Crippen molar-refractivity contribution in [3.8, 4) is 0 Å². The van der Waals surface area contributed by atoms with Crippen molar-refractivity contribution in [1.82, 2.24) is 29.2 Å². The van der Waals surface area contributed by atoms with E-state index in [1.807, 2.05) is 32.4 Å². The molecule has 3 heterocycles. The van der Waals surface area contributed by atoms with E-state index < -0.39 is 10.0 Å². The van der Waals surface area contributed by atoms with Crippen molar-refractivity contribution in [2.24, 2.45) is 5.92 Å². The number of amides is 1. The van der Waals surface area contributed by atoms with E-state index in [0.717, 1.165) is 17.8 Å². The quantitative estimate of drug-likeness (QED) is 0.715. The summed E-state index contributed by atoms with van der Waals surface area (Å²) in [7, 11) is -3.68. The predicted molar refractivity (Wildman–Crippen MR) is 113 cm³/mol. The molecule has 1 fully saturated rings. The van der Waals surface area contributed by atoms with Crippen LogP contribution in [0.4, 0.5) is 0 Å². The zero-order valence-corrected chi connectivity index (χ0v) is 19.2. The van der Waals surface area contributed by atoms with Gasteiger partial charge in [-0.2, -0.15) is 14.5 Å². The zero-order chi connectivity index (χ0) is 22.1. The Kier molecular flexibility index (Phi) is 6.66. The van der Waals surface area contributed by atoms with Crippen molar-refractivity contribution in [2.75, 3.05) is 13.1 Å². The number of rotatable bonds is 7. The fourth-order valence-electron chi connectivity index (χ4n) is 4.04. The van der Waals surface area contributed by atoms with E-state index in [1.165, 1.54) is 4.31 Å². The summed E-state index contributed by atoms with van der Waals surface area (Å²) in [5.74, 6) is -0.494. The van der Waals surface area contributed by atoms with Crippen LogP contribution in [0.3, 0.4) is 0 Å². The molecule has 0 spiro atoms. The molecule has 2 aromatic heterocycles. The Balaban J connectivity index is 1.71. The van der Waals surface area contributed by atoms with Gasteiger partial charge >= 0.3 is 0 Å². The number of hydrogen-bond acceptors (Lipinski definition) is 5. The molecular formula is C20H32N6O3S. The van der Waals surface area contributed by atoms with Crippen LogP contribution in [0.25, 0.3) is 0 Å². The van der Waals surface area contributed by atoms with Crippen LogP contribution < -0.4 is 5.32 Å². The fourth-order valence-corrected chi connectivity index (χ4v) is 5.74. The van der Waals surface area contributed by atoms with Crippen LogP contribution in [0.15, 0.2) is 17.3 Å². The molecule has 30 heavy (non-hydrogen) atoms. The minimum absolute atomic E-state index is 0.118. The van der Waals surface area contributed by atoms with Gasteiger partial charge in [0.2, 0.25) is 15.9 Å². The smallest absolute Gasteiger partial charge is 0.246 e. The summed E-state index contributed by atoms with van der Waals surface area (Å²) in [6.07, 6.45) is 4.69. The van der Waals surface area contributed by atoms with Gasteiger partial charge < -0.3 is 5.32 Å². The number of sulfonamides is 1. The molecule has 0 radical (unpaired) electrons. The van der Waals surface area contributed by atoms with E-state index in [2.05, 4.69) is 15.5 Å². The first-order valence-electron chi connectivity index (χ1n) is 10.6. The number of carbonyl (C=O) groups is 1. The van der Waals surface area contributed by atoms with E-state index in [0.29, 0.717) is 31.6 Å². The first kappa shape index (κ1) is 22.5. The highest BCUT2D eigenvalue weighted by Gasteiger charge is 2.35. The van der Waals surface area contributed by atoms with E-state index in [-0.39, 0.29) is 29.3 Å². The molecule has 1 aliphatic heterocycles. The summed E-state index contributed by atoms with van der Waals surface area (Å²) < 4.78 is 31.3. The third kappa shape index (κ3) is 4.29. The third-order valence-electron chi connectivity index (χ3n) is 5.86. The molecule has 1 amide bonds. The number of hydrogen-bond donors (Lipinski definition) is 1. The molecule has 9 nitrogen and oxygen atoms in total. The molecule has 1 aliphatic rings. The predicted octanol–water partition coefficient (Wildman–Crippen LogP) is 2.01. The highest BCUT2D eigenvalue weighted by Crippen LogP contribution is 2.26. The first-order chi connectivity index (χ1) is 14.2. The number of aromatic nitrogens is 4. The van der Waals surface area contributed by atoms with Crippen LogP contribution in [-0.2, 0) is 27.9 Å². The van der Waals surface area contributed by atoms with Crippen molar-refractivity contribution in [3.63, 3.8) is 0 Å². The number of piperidine rings is 1. The standard InChI is InChI=1S/C20H32N6O3S/c1-6-24-13-19(15(4)23-24)30(28,29)25-10-8-9-17(12-25)20(27)22-14(3)18-11-21-26(7-2)16(18)5/h11,13-14,17H,6-10,12H2,1-5H3,(H,22,27)/t14-,17+/m1/s1. The maximum Gasteiger partial charge on any atom is 0.246 e. The summed E-state index contributed by atoms with van der Waals surface area (Å²) in [5, 5.41) is 11.6. The molecular weight excluding hydrogens is 404 g/mol. The molecule has 0 saturated carbocycles. The number of nitrogens with one attached hydrogen (secondary N) is 1. The zero-order valence-electron chi connectivity index (χ0n) is 18.4. The second-order valence-electron chi connectivity index (χ2n) is 7.87. The number of carbonyl (C=O) groups excluding carboxylic acids is 1. The topological polar surface area (TPSA) is 102 Å². The van der Waals surface area contributed by atoms with Gasteiger partial charge in [0, 0.05) is 43.6 Å². The maximum absolute atomic E-state index is 13.2. The van der Waals surface area contributed by atoms with Gasteiger partial charge in [0.15, 0.2) is 0 Å². The summed E-state index contributed by atoms with van der Waals surface area (Å²) >= 11 is 0. The minimum atomic E-state index is -3.68. The summed E-state index contributed by atoms with van der Waals surface area (Å²) in [6.45, 7) is 11.5. The van der Waals surface area contributed by atoms with Crippen LogP contribution in [0.5, 0.6) is 0 Å². The largest absolute Gasteiger partial charge is 0.349 e. The van der Waals surface area contributed by atoms with Crippen LogP contribution >= 0.6 is 0 Å². The van der Waals surface area contributed by atoms with Gasteiger partial charge in [-0.25, -0.2) is 8.42 Å². The number of aryl methyl sites for hydroxylation is 3. The van der Waals surface area contributed by atoms with Crippen molar-refractivity contribution in [3.05, 3.63) is 29.3 Å². The van der Waals surface area contributed by atoms with E-state index >= 15 is 0 Å². The van der Waals surface area contributed by atoms with Gasteiger partial charge in [0.05, 0.1) is 23.9 Å². The molecule has 0 unspecified atom stereocenters. The van der Waals surface area contributed by atoms with E-state index in [9.17, 15) is 13.2 Å². The molecule has 0 bridgehead atoms. The van der Waals surface area contributed by atoms with Crippen LogP contribution in [0, 0.1) is 19.8 Å². The molecule has 3 rings (SSSR count). The van der Waals surface area contributed by atoms with Gasteiger partial charge in [0.1, 0.15) is 4.90 Å². The van der Waals surface area contributed by atoms with E-state index in [1.54, 1.807) is 24.0 Å². The Morgan fingerprint density at radius 1 is 1.30 bits per heavy atom. The Labute approximate surface area is 178 Å². The van der Waals surface area contributed by atoms with Crippen molar-refractivity contribution in [2.45, 2.75) is 71.5 Å². The normalized spacial score (nSPS) is 19.0. The lowest BCUT2D eigenvalue weighted by Gasteiger charge is -2.31. The van der Waals surface area contributed by atoms with Gasteiger partial charge in [0.25, 0.3) is 0 Å². The summed E-state index contributed by atoms with van der Waals surface area (Å²) in [4.78, 5) is 13.1.